The number of thioether (sulfide) groups is 1. The van der Waals surface area contributed by atoms with Gasteiger partial charge in [-0.05, 0) is 62.2 Å². The van der Waals surface area contributed by atoms with Crippen molar-refractivity contribution in [1.29, 1.82) is 0 Å². The fourth-order valence-electron chi connectivity index (χ4n) is 4.04. The predicted molar refractivity (Wildman–Crippen MR) is 131 cm³/mol. The number of ether oxygens (including phenoxy) is 2. The van der Waals surface area contributed by atoms with E-state index in [1.54, 1.807) is 27.7 Å². The number of hydrogen-bond acceptors (Lipinski definition) is 7. The van der Waals surface area contributed by atoms with Gasteiger partial charge in [0.1, 0.15) is 5.82 Å². The Bertz CT molecular complexity index is 1290. The lowest BCUT2D eigenvalue weighted by Crippen LogP contribution is -2.33. The lowest BCUT2D eigenvalue weighted by molar-refractivity contribution is -0.116. The van der Waals surface area contributed by atoms with Gasteiger partial charge in [-0.3, -0.25) is 14.2 Å². The molecule has 0 radical (unpaired) electrons. The Balaban J connectivity index is 1.66. The number of aromatic nitrogens is 2. The minimum Gasteiger partial charge on any atom is -0.465 e. The maximum absolute atomic E-state index is 13.4. The maximum atomic E-state index is 13.4. The Kier molecular flexibility index (Phi) is 7.82. The summed E-state index contributed by atoms with van der Waals surface area (Å²) in [6, 6.07) is 10.3. The van der Waals surface area contributed by atoms with Crippen molar-refractivity contribution < 1.29 is 23.5 Å². The van der Waals surface area contributed by atoms with Gasteiger partial charge in [0, 0.05) is 18.8 Å². The van der Waals surface area contributed by atoms with Gasteiger partial charge in [0.05, 0.1) is 42.0 Å². The van der Waals surface area contributed by atoms with Gasteiger partial charge in [0.15, 0.2) is 5.16 Å². The van der Waals surface area contributed by atoms with Gasteiger partial charge in [0.25, 0.3) is 5.56 Å². The number of amides is 1. The molecule has 8 nitrogen and oxygen atoms in total. The van der Waals surface area contributed by atoms with Crippen LogP contribution < -0.4 is 10.5 Å². The fraction of sp³-hybridized carbons (Fsp3) is 0.360. The zero-order valence-corrected chi connectivity index (χ0v) is 20.3. The van der Waals surface area contributed by atoms with E-state index >= 15 is 0 Å². The molecule has 35 heavy (non-hydrogen) atoms. The Hall–Kier alpha value is -3.24. The van der Waals surface area contributed by atoms with Crippen molar-refractivity contribution in [3.05, 3.63) is 64.2 Å². The van der Waals surface area contributed by atoms with Gasteiger partial charge >= 0.3 is 5.97 Å². The first-order valence-corrected chi connectivity index (χ1v) is 12.3. The smallest absolute Gasteiger partial charge is 0.337 e. The van der Waals surface area contributed by atoms with E-state index in [2.05, 4.69) is 4.98 Å². The normalized spacial score (nSPS) is 15.3. The molecule has 4 rings (SSSR count). The summed E-state index contributed by atoms with van der Waals surface area (Å²) in [5.41, 5.74) is 0.958. The van der Waals surface area contributed by atoms with Crippen molar-refractivity contribution >= 4 is 40.2 Å². The van der Waals surface area contributed by atoms with Gasteiger partial charge in [-0.2, -0.15) is 0 Å². The lowest BCUT2D eigenvalue weighted by Gasteiger charge is -2.21. The van der Waals surface area contributed by atoms with Crippen molar-refractivity contribution in [1.82, 2.24) is 9.55 Å². The maximum Gasteiger partial charge on any atom is 0.337 e. The number of carbonyl (C=O) groups is 2. The highest BCUT2D eigenvalue weighted by Crippen LogP contribution is 2.23. The van der Waals surface area contributed by atoms with E-state index in [9.17, 15) is 18.8 Å². The molecule has 1 atom stereocenters. The van der Waals surface area contributed by atoms with Crippen molar-refractivity contribution in [2.45, 2.75) is 37.6 Å². The minimum atomic E-state index is -0.528. The van der Waals surface area contributed by atoms with Crippen molar-refractivity contribution in [2.24, 2.45) is 0 Å². The van der Waals surface area contributed by atoms with E-state index in [0.29, 0.717) is 41.4 Å². The second-order valence-electron chi connectivity index (χ2n) is 8.07. The highest BCUT2D eigenvalue weighted by Gasteiger charge is 2.22. The van der Waals surface area contributed by atoms with Crippen molar-refractivity contribution in [3.63, 3.8) is 0 Å². The van der Waals surface area contributed by atoms with Crippen LogP contribution in [0, 0.1) is 5.82 Å². The van der Waals surface area contributed by atoms with Crippen LogP contribution in [0.5, 0.6) is 0 Å². The molecule has 0 spiro atoms. The monoisotopic (exact) mass is 499 g/mol. The number of halogens is 1. The van der Waals surface area contributed by atoms with Gasteiger partial charge in [-0.25, -0.2) is 14.2 Å². The summed E-state index contributed by atoms with van der Waals surface area (Å²) in [6.07, 6.45) is 1.65. The highest BCUT2D eigenvalue weighted by molar-refractivity contribution is 7.99. The van der Waals surface area contributed by atoms with Crippen LogP contribution in [0.15, 0.2) is 52.4 Å². The standard InChI is InChI=1S/C25H26FN3O5S/c1-3-28(18-9-7-17(26)8-10-18)22(30)15-35-25-27-21-13-16(24(32)33-2)6-11-20(21)23(31)29(25)14-19-5-4-12-34-19/h6-11,13,19H,3-5,12,14-15H2,1-2H3. The summed E-state index contributed by atoms with van der Waals surface area (Å²) in [6.45, 7) is 3.21. The fourth-order valence-corrected chi connectivity index (χ4v) is 4.92. The minimum absolute atomic E-state index is 0.0192. The molecule has 2 aromatic carbocycles. The first-order chi connectivity index (χ1) is 16.9. The zero-order valence-electron chi connectivity index (χ0n) is 19.5. The van der Waals surface area contributed by atoms with Crippen molar-refractivity contribution in [3.8, 4) is 0 Å². The van der Waals surface area contributed by atoms with E-state index in [4.69, 9.17) is 9.47 Å². The molecule has 1 aliphatic heterocycles. The van der Waals surface area contributed by atoms with Gasteiger partial charge in [-0.15, -0.1) is 0 Å². The van der Waals surface area contributed by atoms with Gasteiger partial charge < -0.3 is 14.4 Å². The number of esters is 1. The Morgan fingerprint density at radius 2 is 2.03 bits per heavy atom. The van der Waals surface area contributed by atoms with Crippen LogP contribution in [0.25, 0.3) is 10.9 Å². The second kappa shape index (κ2) is 11.0. The number of methoxy groups -OCH3 is 1. The lowest BCUT2D eigenvalue weighted by atomic mass is 10.1. The molecular formula is C25H26FN3O5S. The third-order valence-electron chi connectivity index (χ3n) is 5.83. The first-order valence-electron chi connectivity index (χ1n) is 11.3. The predicted octanol–water partition coefficient (Wildman–Crippen LogP) is 3.65. The van der Waals surface area contributed by atoms with E-state index in [1.807, 2.05) is 6.92 Å². The molecule has 1 aromatic heterocycles. The quantitative estimate of drug-likeness (QED) is 0.265. The molecule has 3 aromatic rings. The molecule has 1 amide bonds. The number of nitrogens with zero attached hydrogens (tertiary/aromatic N) is 3. The Morgan fingerprint density at radius 1 is 1.26 bits per heavy atom. The summed E-state index contributed by atoms with van der Waals surface area (Å²) >= 11 is 1.14. The topological polar surface area (TPSA) is 90.7 Å². The van der Waals surface area contributed by atoms with E-state index in [0.717, 1.165) is 24.6 Å². The molecule has 10 heteroatoms. The average Bonchev–Trinajstić information content (AvgIpc) is 3.38. The number of anilines is 1. The van der Waals surface area contributed by atoms with Crippen LogP contribution in [0.4, 0.5) is 10.1 Å². The van der Waals surface area contributed by atoms with Crippen LogP contribution in [0.3, 0.4) is 0 Å². The number of fused-ring (bicyclic) bond motifs is 1. The molecule has 1 aliphatic rings. The van der Waals surface area contributed by atoms with Crippen LogP contribution in [0.1, 0.15) is 30.1 Å². The number of rotatable bonds is 8. The first kappa shape index (κ1) is 24.9. The Labute approximate surface area is 206 Å². The molecule has 1 fully saturated rings. The molecule has 184 valence electrons. The molecule has 1 saturated heterocycles. The van der Waals surface area contributed by atoms with Crippen LogP contribution in [-0.4, -0.2) is 53.5 Å². The molecule has 0 saturated carbocycles. The largest absolute Gasteiger partial charge is 0.465 e. The van der Waals surface area contributed by atoms with Crippen LogP contribution in [0.2, 0.25) is 0 Å². The SMILES string of the molecule is CCN(C(=O)CSc1nc2cc(C(=O)OC)ccc2c(=O)n1CC1CCCO1)c1ccc(F)cc1. The summed E-state index contributed by atoms with van der Waals surface area (Å²) in [5, 5.41) is 0.733. The number of carbonyl (C=O) groups excluding carboxylic acids is 2. The highest BCUT2D eigenvalue weighted by atomic mass is 32.2. The summed E-state index contributed by atoms with van der Waals surface area (Å²) < 4.78 is 25.4. The van der Waals surface area contributed by atoms with E-state index in [-0.39, 0.29) is 34.7 Å². The number of hydrogen-bond donors (Lipinski definition) is 0. The Morgan fingerprint density at radius 3 is 2.69 bits per heavy atom. The summed E-state index contributed by atoms with van der Waals surface area (Å²) in [5.74, 6) is -1.09. The van der Waals surface area contributed by atoms with Crippen molar-refractivity contribution in [2.75, 3.05) is 30.9 Å². The van der Waals surface area contributed by atoms with Crippen LogP contribution >= 0.6 is 11.8 Å². The van der Waals surface area contributed by atoms with Gasteiger partial charge in [-0.1, -0.05) is 11.8 Å². The third-order valence-corrected chi connectivity index (χ3v) is 6.79. The average molecular weight is 500 g/mol. The molecule has 0 aliphatic carbocycles. The van der Waals surface area contributed by atoms with E-state index < -0.39 is 5.97 Å². The zero-order chi connectivity index (χ0) is 24.9. The molecular weight excluding hydrogens is 473 g/mol. The molecule has 2 heterocycles. The molecule has 0 N–H and O–H groups in total. The van der Waals surface area contributed by atoms with E-state index in [1.165, 1.54) is 31.4 Å². The second-order valence-corrected chi connectivity index (χ2v) is 9.01. The van der Waals surface area contributed by atoms with Gasteiger partial charge in [0.2, 0.25) is 5.91 Å². The molecule has 0 bridgehead atoms. The summed E-state index contributed by atoms with van der Waals surface area (Å²) in [4.78, 5) is 44.6. The number of benzene rings is 2. The molecule has 1 unspecified atom stereocenters. The van der Waals surface area contributed by atoms with Crippen LogP contribution in [-0.2, 0) is 20.8 Å². The third kappa shape index (κ3) is 5.54. The summed E-state index contributed by atoms with van der Waals surface area (Å²) in [7, 11) is 1.28.